The molecule has 1 saturated heterocycles. The second-order valence-corrected chi connectivity index (χ2v) is 6.36. The Morgan fingerprint density at radius 1 is 1.08 bits per heavy atom. The van der Waals surface area contributed by atoms with Gasteiger partial charge in [0, 0.05) is 43.6 Å². The molecule has 1 aliphatic heterocycles. The summed E-state index contributed by atoms with van der Waals surface area (Å²) in [6, 6.07) is 7.33. The first-order valence-electron chi connectivity index (χ1n) is 8.21. The maximum Gasteiger partial charge on any atom is 0.274 e. The molecular weight excluding hydrogens is 340 g/mol. The van der Waals surface area contributed by atoms with E-state index in [0.29, 0.717) is 43.3 Å². The van der Waals surface area contributed by atoms with Crippen molar-refractivity contribution in [2.45, 2.75) is 12.8 Å². The van der Waals surface area contributed by atoms with Gasteiger partial charge in [-0.3, -0.25) is 14.6 Å². The molecule has 0 unspecified atom stereocenters. The second-order valence-electron chi connectivity index (χ2n) is 5.92. The molecule has 0 radical (unpaired) electrons. The summed E-state index contributed by atoms with van der Waals surface area (Å²) in [4.78, 5) is 36.5. The molecule has 0 spiro atoms. The van der Waals surface area contributed by atoms with Crippen molar-refractivity contribution in [3.05, 3.63) is 59.1 Å². The van der Waals surface area contributed by atoms with Crippen LogP contribution in [0.1, 0.15) is 22.5 Å². The molecule has 7 heteroatoms. The number of amides is 2. The van der Waals surface area contributed by atoms with Crippen LogP contribution >= 0.6 is 11.6 Å². The van der Waals surface area contributed by atoms with Gasteiger partial charge in [-0.15, -0.1) is 0 Å². The molecule has 1 aromatic heterocycles. The van der Waals surface area contributed by atoms with Crippen LogP contribution in [0, 0.1) is 0 Å². The van der Waals surface area contributed by atoms with Crippen LogP contribution in [0.15, 0.2) is 42.9 Å². The third-order valence-electron chi connectivity index (χ3n) is 4.16. The zero-order valence-corrected chi connectivity index (χ0v) is 14.5. The van der Waals surface area contributed by atoms with E-state index in [4.69, 9.17) is 11.6 Å². The number of nitrogens with zero attached hydrogens (tertiary/aromatic N) is 4. The summed E-state index contributed by atoms with van der Waals surface area (Å²) in [7, 11) is 0. The van der Waals surface area contributed by atoms with Crippen molar-refractivity contribution in [1.82, 2.24) is 19.8 Å². The van der Waals surface area contributed by atoms with Gasteiger partial charge in [0.05, 0.1) is 12.6 Å². The van der Waals surface area contributed by atoms with Crippen molar-refractivity contribution in [3.8, 4) is 0 Å². The maximum atomic E-state index is 12.5. The van der Waals surface area contributed by atoms with Crippen LogP contribution in [0.5, 0.6) is 0 Å². The van der Waals surface area contributed by atoms with Crippen LogP contribution in [0.2, 0.25) is 5.02 Å². The Labute approximate surface area is 151 Å². The van der Waals surface area contributed by atoms with Crippen LogP contribution in [0.4, 0.5) is 0 Å². The van der Waals surface area contributed by atoms with Gasteiger partial charge in [0.1, 0.15) is 5.69 Å². The number of hydrogen-bond donors (Lipinski definition) is 0. The summed E-state index contributed by atoms with van der Waals surface area (Å²) in [5.41, 5.74) is 1.23. The van der Waals surface area contributed by atoms with E-state index in [2.05, 4.69) is 9.97 Å². The van der Waals surface area contributed by atoms with E-state index in [0.717, 1.165) is 12.0 Å². The number of hydrogen-bond acceptors (Lipinski definition) is 4. The Bertz CT molecular complexity index is 754. The quantitative estimate of drug-likeness (QED) is 0.842. The number of rotatable bonds is 3. The smallest absolute Gasteiger partial charge is 0.274 e. The normalized spacial score (nSPS) is 14.9. The molecule has 1 aromatic carbocycles. The van der Waals surface area contributed by atoms with Gasteiger partial charge in [0.25, 0.3) is 5.91 Å². The lowest BCUT2D eigenvalue weighted by atomic mass is 10.1. The topological polar surface area (TPSA) is 66.4 Å². The number of carbonyl (C=O) groups excluding carboxylic acids is 2. The summed E-state index contributed by atoms with van der Waals surface area (Å²) >= 11 is 5.97. The molecule has 25 heavy (non-hydrogen) atoms. The maximum absolute atomic E-state index is 12.5. The molecule has 1 aliphatic rings. The highest BCUT2D eigenvalue weighted by atomic mass is 35.5. The molecule has 6 nitrogen and oxygen atoms in total. The SMILES string of the molecule is O=C(Cc1cccc(Cl)c1)N1CCCN(C(=O)c2cnccn2)CC1. The summed E-state index contributed by atoms with van der Waals surface area (Å²) in [6.07, 6.45) is 5.57. The minimum absolute atomic E-state index is 0.0519. The zero-order valence-electron chi connectivity index (χ0n) is 13.8. The molecule has 3 rings (SSSR count). The molecule has 0 atom stereocenters. The highest BCUT2D eigenvalue weighted by Gasteiger charge is 2.23. The summed E-state index contributed by atoms with van der Waals surface area (Å²) in [5, 5.41) is 0.627. The fraction of sp³-hybridized carbons (Fsp3) is 0.333. The fourth-order valence-electron chi connectivity index (χ4n) is 2.87. The molecule has 0 N–H and O–H groups in total. The predicted octanol–water partition coefficient (Wildman–Crippen LogP) is 2.05. The van der Waals surface area contributed by atoms with Crippen LogP contribution in [-0.4, -0.2) is 57.8 Å². The summed E-state index contributed by atoms with van der Waals surface area (Å²) in [5.74, 6) is -0.0895. The monoisotopic (exact) mass is 358 g/mol. The number of aromatic nitrogens is 2. The third-order valence-corrected chi connectivity index (χ3v) is 4.40. The average molecular weight is 359 g/mol. The highest BCUT2D eigenvalue weighted by Crippen LogP contribution is 2.13. The molecule has 0 aliphatic carbocycles. The zero-order chi connectivity index (χ0) is 17.6. The lowest BCUT2D eigenvalue weighted by Crippen LogP contribution is -2.38. The molecule has 2 heterocycles. The van der Waals surface area contributed by atoms with Gasteiger partial charge >= 0.3 is 0 Å². The van der Waals surface area contributed by atoms with Gasteiger partial charge in [-0.1, -0.05) is 23.7 Å². The molecule has 0 saturated carbocycles. The lowest BCUT2D eigenvalue weighted by Gasteiger charge is -2.22. The van der Waals surface area contributed by atoms with Crippen molar-refractivity contribution < 1.29 is 9.59 Å². The number of halogens is 1. The highest BCUT2D eigenvalue weighted by molar-refractivity contribution is 6.30. The van der Waals surface area contributed by atoms with Gasteiger partial charge in [-0.25, -0.2) is 4.98 Å². The standard InChI is InChI=1S/C18H19ClN4O2/c19-15-4-1-3-14(11-15)12-17(24)22-7-2-8-23(10-9-22)18(25)16-13-20-5-6-21-16/h1,3-6,11,13H,2,7-10,12H2. The second kappa shape index (κ2) is 8.07. The minimum Gasteiger partial charge on any atom is -0.341 e. The Morgan fingerprint density at radius 3 is 2.64 bits per heavy atom. The van der Waals surface area contributed by atoms with Crippen molar-refractivity contribution in [2.24, 2.45) is 0 Å². The van der Waals surface area contributed by atoms with E-state index < -0.39 is 0 Å². The van der Waals surface area contributed by atoms with Crippen LogP contribution in [-0.2, 0) is 11.2 Å². The van der Waals surface area contributed by atoms with Gasteiger partial charge in [0.15, 0.2) is 0 Å². The van der Waals surface area contributed by atoms with E-state index in [1.807, 2.05) is 17.0 Å². The molecular formula is C18H19ClN4O2. The third kappa shape index (κ3) is 4.54. The summed E-state index contributed by atoms with van der Waals surface area (Å²) in [6.45, 7) is 2.27. The van der Waals surface area contributed by atoms with E-state index in [1.165, 1.54) is 18.6 Å². The Balaban J connectivity index is 1.59. The van der Waals surface area contributed by atoms with E-state index in [1.54, 1.807) is 17.0 Å². The molecule has 2 aromatic rings. The van der Waals surface area contributed by atoms with Crippen molar-refractivity contribution >= 4 is 23.4 Å². The van der Waals surface area contributed by atoms with Crippen LogP contribution in [0.3, 0.4) is 0 Å². The first-order chi connectivity index (χ1) is 12.1. The Hall–Kier alpha value is -2.47. The first kappa shape index (κ1) is 17.4. The van der Waals surface area contributed by atoms with Gasteiger partial charge in [0.2, 0.25) is 5.91 Å². The number of benzene rings is 1. The lowest BCUT2D eigenvalue weighted by molar-refractivity contribution is -0.130. The Kier molecular flexibility index (Phi) is 5.60. The summed E-state index contributed by atoms with van der Waals surface area (Å²) < 4.78 is 0. The van der Waals surface area contributed by atoms with Gasteiger partial charge in [-0.05, 0) is 24.1 Å². The fourth-order valence-corrected chi connectivity index (χ4v) is 3.09. The van der Waals surface area contributed by atoms with Gasteiger partial charge < -0.3 is 9.80 Å². The number of carbonyl (C=O) groups is 2. The molecule has 1 fully saturated rings. The molecule has 0 bridgehead atoms. The minimum atomic E-state index is -0.141. The van der Waals surface area contributed by atoms with E-state index in [9.17, 15) is 9.59 Å². The average Bonchev–Trinajstić information content (AvgIpc) is 2.88. The van der Waals surface area contributed by atoms with E-state index >= 15 is 0 Å². The largest absolute Gasteiger partial charge is 0.341 e. The molecule has 2 amide bonds. The van der Waals surface area contributed by atoms with Crippen LogP contribution in [0.25, 0.3) is 0 Å². The van der Waals surface area contributed by atoms with Crippen molar-refractivity contribution in [1.29, 1.82) is 0 Å². The predicted molar refractivity (Wildman–Crippen MR) is 94.3 cm³/mol. The van der Waals surface area contributed by atoms with Crippen molar-refractivity contribution in [2.75, 3.05) is 26.2 Å². The molecule has 130 valence electrons. The van der Waals surface area contributed by atoms with Gasteiger partial charge in [-0.2, -0.15) is 0 Å². The first-order valence-corrected chi connectivity index (χ1v) is 8.59. The van der Waals surface area contributed by atoms with Crippen molar-refractivity contribution in [3.63, 3.8) is 0 Å². The van der Waals surface area contributed by atoms with Crippen LogP contribution < -0.4 is 0 Å². The van der Waals surface area contributed by atoms with E-state index in [-0.39, 0.29) is 11.8 Å². The Morgan fingerprint density at radius 2 is 1.88 bits per heavy atom.